The molecule has 0 radical (unpaired) electrons. The third-order valence-electron chi connectivity index (χ3n) is 5.17. The van der Waals surface area contributed by atoms with Crippen LogP contribution in [0.5, 0.6) is 0 Å². The van der Waals surface area contributed by atoms with Gasteiger partial charge in [-0.1, -0.05) is 0 Å². The Morgan fingerprint density at radius 1 is 1.07 bits per heavy atom. The summed E-state index contributed by atoms with van der Waals surface area (Å²) in [5.74, 6) is -2.38. The van der Waals surface area contributed by atoms with Crippen LogP contribution in [0.2, 0.25) is 0 Å². The van der Waals surface area contributed by atoms with Gasteiger partial charge in [0.05, 0.1) is 31.6 Å². The van der Waals surface area contributed by atoms with Crippen molar-refractivity contribution in [2.24, 2.45) is 0 Å². The van der Waals surface area contributed by atoms with E-state index < -0.39 is 23.7 Å². The van der Waals surface area contributed by atoms with Gasteiger partial charge in [-0.3, -0.25) is 14.4 Å². The highest BCUT2D eigenvalue weighted by Gasteiger charge is 2.32. The number of nitrogens with zero attached hydrogens (tertiary/aromatic N) is 3. The molecule has 2 aliphatic heterocycles. The number of hydrogen-bond acceptors (Lipinski definition) is 7. The maximum absolute atomic E-state index is 12.5. The molecule has 10 nitrogen and oxygen atoms in total. The van der Waals surface area contributed by atoms with E-state index in [1.807, 2.05) is 6.07 Å². The molecule has 0 bridgehead atoms. The first-order valence-electron chi connectivity index (χ1n) is 9.87. The third-order valence-corrected chi connectivity index (χ3v) is 5.17. The van der Waals surface area contributed by atoms with E-state index >= 15 is 0 Å². The first kappa shape index (κ1) is 21.6. The molecule has 162 valence electrons. The molecule has 30 heavy (non-hydrogen) atoms. The summed E-state index contributed by atoms with van der Waals surface area (Å²) < 4.78 is 10.2. The number of rotatable bonds is 6. The Morgan fingerprint density at radius 2 is 1.73 bits per heavy atom. The molecule has 1 N–H and O–H groups in total. The predicted molar refractivity (Wildman–Crippen MR) is 108 cm³/mol. The average Bonchev–Trinajstić information content (AvgIpc) is 2.77. The highest BCUT2D eigenvalue weighted by molar-refractivity contribution is 6.35. The van der Waals surface area contributed by atoms with Gasteiger partial charge in [0.15, 0.2) is 0 Å². The van der Waals surface area contributed by atoms with Gasteiger partial charge in [-0.25, -0.2) is 4.79 Å². The monoisotopic (exact) mass is 418 g/mol. The van der Waals surface area contributed by atoms with Crippen LogP contribution in [0.4, 0.5) is 11.4 Å². The van der Waals surface area contributed by atoms with E-state index in [1.165, 1.54) is 16.9 Å². The zero-order chi connectivity index (χ0) is 21.7. The van der Waals surface area contributed by atoms with Gasteiger partial charge in [-0.05, 0) is 25.1 Å². The van der Waals surface area contributed by atoms with E-state index in [0.717, 1.165) is 5.69 Å². The maximum Gasteiger partial charge on any atom is 0.340 e. The van der Waals surface area contributed by atoms with Crippen LogP contribution in [0.1, 0.15) is 17.3 Å². The lowest BCUT2D eigenvalue weighted by atomic mass is 10.1. The lowest BCUT2D eigenvalue weighted by Gasteiger charge is -2.32. The highest BCUT2D eigenvalue weighted by Crippen LogP contribution is 2.25. The van der Waals surface area contributed by atoms with Crippen LogP contribution in [-0.2, 0) is 23.9 Å². The van der Waals surface area contributed by atoms with Crippen molar-refractivity contribution in [2.45, 2.75) is 6.92 Å². The molecule has 3 rings (SSSR count). The van der Waals surface area contributed by atoms with Crippen molar-refractivity contribution in [3.05, 3.63) is 23.8 Å². The largest absolute Gasteiger partial charge is 0.465 e. The van der Waals surface area contributed by atoms with Crippen molar-refractivity contribution >= 4 is 35.1 Å². The van der Waals surface area contributed by atoms with E-state index in [2.05, 4.69) is 10.2 Å². The van der Waals surface area contributed by atoms with E-state index in [1.54, 1.807) is 19.1 Å². The van der Waals surface area contributed by atoms with Crippen molar-refractivity contribution in [3.8, 4) is 0 Å². The van der Waals surface area contributed by atoms with E-state index in [9.17, 15) is 19.2 Å². The molecule has 2 aliphatic rings. The summed E-state index contributed by atoms with van der Waals surface area (Å²) in [6, 6.07) is 5.11. The summed E-state index contributed by atoms with van der Waals surface area (Å²) in [7, 11) is 1.27. The number of likely N-dealkylation sites (N-methyl/N-ethyl adjacent to an activating group) is 1. The predicted octanol–water partition coefficient (Wildman–Crippen LogP) is -0.0610. The van der Waals surface area contributed by atoms with Crippen LogP contribution >= 0.6 is 0 Å². The van der Waals surface area contributed by atoms with Gasteiger partial charge in [0.25, 0.3) is 0 Å². The molecule has 0 spiro atoms. The molecule has 1 aromatic carbocycles. The number of methoxy groups -OCH3 is 1. The summed E-state index contributed by atoms with van der Waals surface area (Å²) in [6.45, 7) is 5.24. The fraction of sp³-hybridized carbons (Fsp3) is 0.500. The number of carbonyl (C=O) groups is 4. The van der Waals surface area contributed by atoms with Crippen LogP contribution in [0, 0.1) is 0 Å². The van der Waals surface area contributed by atoms with Crippen LogP contribution in [0.25, 0.3) is 0 Å². The molecule has 2 fully saturated rings. The summed E-state index contributed by atoms with van der Waals surface area (Å²) in [4.78, 5) is 53.7. The molecule has 1 aromatic rings. The number of ether oxygens (including phenoxy) is 2. The summed E-state index contributed by atoms with van der Waals surface area (Å²) >= 11 is 0. The highest BCUT2D eigenvalue weighted by atomic mass is 16.5. The number of hydrogen-bond donors (Lipinski definition) is 1. The minimum absolute atomic E-state index is 0.216. The average molecular weight is 418 g/mol. The zero-order valence-electron chi connectivity index (χ0n) is 17.2. The fourth-order valence-electron chi connectivity index (χ4n) is 3.47. The topological polar surface area (TPSA) is 108 Å². The fourth-order valence-corrected chi connectivity index (χ4v) is 3.47. The number of amides is 3. The molecule has 0 saturated carbocycles. The van der Waals surface area contributed by atoms with Gasteiger partial charge < -0.3 is 29.5 Å². The second-order valence-corrected chi connectivity index (χ2v) is 6.98. The molecule has 3 amide bonds. The molecule has 2 heterocycles. The van der Waals surface area contributed by atoms with Gasteiger partial charge in [0.2, 0.25) is 5.91 Å². The number of benzene rings is 1. The van der Waals surface area contributed by atoms with Crippen LogP contribution in [0.15, 0.2) is 18.2 Å². The van der Waals surface area contributed by atoms with Crippen LogP contribution in [0.3, 0.4) is 0 Å². The van der Waals surface area contributed by atoms with Crippen molar-refractivity contribution in [1.29, 1.82) is 0 Å². The number of piperazine rings is 1. The van der Waals surface area contributed by atoms with E-state index in [4.69, 9.17) is 9.47 Å². The lowest BCUT2D eigenvalue weighted by Crippen LogP contribution is -2.55. The Morgan fingerprint density at radius 3 is 2.40 bits per heavy atom. The molecule has 0 aromatic heterocycles. The van der Waals surface area contributed by atoms with E-state index in [-0.39, 0.29) is 24.3 Å². The van der Waals surface area contributed by atoms with Gasteiger partial charge in [-0.15, -0.1) is 0 Å². The zero-order valence-corrected chi connectivity index (χ0v) is 17.2. The molecule has 0 atom stereocenters. The van der Waals surface area contributed by atoms with Crippen molar-refractivity contribution in [1.82, 2.24) is 9.80 Å². The number of carbonyl (C=O) groups excluding carboxylic acids is 4. The molecule has 0 unspecified atom stereocenters. The maximum atomic E-state index is 12.5. The summed E-state index contributed by atoms with van der Waals surface area (Å²) in [5, 5.41) is 2.66. The Labute approximate surface area is 174 Å². The Bertz CT molecular complexity index is 837. The van der Waals surface area contributed by atoms with Crippen molar-refractivity contribution in [3.63, 3.8) is 0 Å². The van der Waals surface area contributed by atoms with Gasteiger partial charge >= 0.3 is 17.8 Å². The molecule has 0 aliphatic carbocycles. The SMILES string of the molecule is CCN1CCN(CC(=O)Nc2ccc(N3CCOCC3)cc2C(=O)OC)C(=O)C1=O. The van der Waals surface area contributed by atoms with Gasteiger partial charge in [0, 0.05) is 38.4 Å². The van der Waals surface area contributed by atoms with Gasteiger partial charge in [0.1, 0.15) is 6.54 Å². The quantitative estimate of drug-likeness (QED) is 0.509. The second-order valence-electron chi connectivity index (χ2n) is 6.98. The second kappa shape index (κ2) is 9.57. The lowest BCUT2D eigenvalue weighted by molar-refractivity contribution is -0.156. The summed E-state index contributed by atoms with van der Waals surface area (Å²) in [6.07, 6.45) is 0. The first-order valence-corrected chi connectivity index (χ1v) is 9.87. The first-order chi connectivity index (χ1) is 14.4. The number of esters is 1. The molecular weight excluding hydrogens is 392 g/mol. The van der Waals surface area contributed by atoms with Crippen LogP contribution < -0.4 is 10.2 Å². The van der Waals surface area contributed by atoms with Gasteiger partial charge in [-0.2, -0.15) is 0 Å². The molecule has 2 saturated heterocycles. The normalized spacial score (nSPS) is 17.2. The minimum atomic E-state index is -0.700. The number of nitrogens with one attached hydrogen (secondary N) is 1. The standard InChI is InChI=1S/C20H26N4O6/c1-3-22-6-7-24(19(27)18(22)26)13-17(25)21-16-5-4-14(12-15(16)20(28)29-2)23-8-10-30-11-9-23/h4-5,12H,3,6-11,13H2,1-2H3,(H,21,25). The smallest absolute Gasteiger partial charge is 0.340 e. The molecular formula is C20H26N4O6. The minimum Gasteiger partial charge on any atom is -0.465 e. The number of morpholine rings is 1. The van der Waals surface area contributed by atoms with Crippen LogP contribution in [-0.4, -0.2) is 93.1 Å². The number of anilines is 2. The third kappa shape index (κ3) is 4.70. The Hall–Kier alpha value is -3.14. The van der Waals surface area contributed by atoms with Crippen molar-refractivity contribution < 1.29 is 28.7 Å². The Kier molecular flexibility index (Phi) is 6.88. The summed E-state index contributed by atoms with van der Waals surface area (Å²) in [5.41, 5.74) is 1.33. The van der Waals surface area contributed by atoms with Crippen molar-refractivity contribution in [2.75, 3.05) is 69.8 Å². The molecule has 10 heteroatoms. The Balaban J connectivity index is 1.71. The van der Waals surface area contributed by atoms with E-state index in [0.29, 0.717) is 39.4 Å².